The van der Waals surface area contributed by atoms with Gasteiger partial charge in [-0.25, -0.2) is 9.59 Å². The summed E-state index contributed by atoms with van der Waals surface area (Å²) in [6, 6.07) is 13.8. The monoisotopic (exact) mass is 500 g/mol. The number of hydrogen-bond acceptors (Lipinski definition) is 8. The van der Waals surface area contributed by atoms with Gasteiger partial charge >= 0.3 is 20.0 Å². The second-order valence-electron chi connectivity index (χ2n) is 7.80. The minimum Gasteiger partial charge on any atom is -0.461 e. The highest BCUT2D eigenvalue weighted by molar-refractivity contribution is 7.38. The van der Waals surface area contributed by atoms with E-state index in [0.29, 0.717) is 16.3 Å². The predicted molar refractivity (Wildman–Crippen MR) is 135 cm³/mol. The van der Waals surface area contributed by atoms with E-state index in [0.717, 1.165) is 15.6 Å². The smallest absolute Gasteiger partial charge is 0.461 e. The number of carbonyl (C=O) groups is 2. The molecule has 178 valence electrons. The SMILES string of the molecule is C=CCOC(=O)c1cc2cc(C[P+](=O)Oc3ccccc3NC(C)C(=O)OC(C)C)ccc2s1. The Bertz CT molecular complexity index is 1210. The number of rotatable bonds is 11. The number of ether oxygens (including phenoxy) is 2. The number of anilines is 1. The molecule has 3 aromatic rings. The third-order valence-corrected chi connectivity index (χ3v) is 6.71. The van der Waals surface area contributed by atoms with E-state index in [2.05, 4.69) is 11.9 Å². The summed E-state index contributed by atoms with van der Waals surface area (Å²) in [6.45, 7) is 8.96. The fraction of sp³-hybridized carbons (Fsp3) is 0.280. The molecular formula is C25H27NO6PS+. The van der Waals surface area contributed by atoms with Crippen LogP contribution in [0.5, 0.6) is 5.75 Å². The zero-order valence-corrected chi connectivity index (χ0v) is 21.0. The minimum absolute atomic E-state index is 0.157. The van der Waals surface area contributed by atoms with Crippen molar-refractivity contribution in [1.29, 1.82) is 0 Å². The van der Waals surface area contributed by atoms with Crippen LogP contribution in [0.15, 0.2) is 61.2 Å². The van der Waals surface area contributed by atoms with Gasteiger partial charge in [0.25, 0.3) is 0 Å². The van der Waals surface area contributed by atoms with Gasteiger partial charge in [0.15, 0.2) is 0 Å². The van der Waals surface area contributed by atoms with E-state index in [1.54, 1.807) is 51.1 Å². The van der Waals surface area contributed by atoms with Gasteiger partial charge in [0, 0.05) is 10.3 Å². The lowest BCUT2D eigenvalue weighted by Gasteiger charge is -2.16. The Labute approximate surface area is 203 Å². The second-order valence-corrected chi connectivity index (χ2v) is 10.0. The molecule has 3 rings (SSSR count). The predicted octanol–water partition coefficient (Wildman–Crippen LogP) is 6.32. The van der Waals surface area contributed by atoms with Crippen LogP contribution in [0.4, 0.5) is 5.69 Å². The summed E-state index contributed by atoms with van der Waals surface area (Å²) in [5.74, 6) is -0.393. The lowest BCUT2D eigenvalue weighted by Crippen LogP contribution is -2.30. The third-order valence-electron chi connectivity index (χ3n) is 4.59. The van der Waals surface area contributed by atoms with Crippen LogP contribution in [0.1, 0.15) is 36.0 Å². The van der Waals surface area contributed by atoms with Gasteiger partial charge in [-0.15, -0.1) is 11.3 Å². The van der Waals surface area contributed by atoms with Crippen LogP contribution in [0.2, 0.25) is 0 Å². The first-order valence-corrected chi connectivity index (χ1v) is 12.9. The van der Waals surface area contributed by atoms with Gasteiger partial charge in [0.2, 0.25) is 11.9 Å². The number of esters is 2. The summed E-state index contributed by atoms with van der Waals surface area (Å²) in [5, 5.41) is 3.93. The van der Waals surface area contributed by atoms with Crippen LogP contribution in [0.25, 0.3) is 10.1 Å². The Kier molecular flexibility index (Phi) is 8.79. The van der Waals surface area contributed by atoms with Crippen LogP contribution < -0.4 is 9.84 Å². The molecule has 1 heterocycles. The van der Waals surface area contributed by atoms with Crippen molar-refractivity contribution in [2.75, 3.05) is 11.9 Å². The maximum atomic E-state index is 12.8. The third kappa shape index (κ3) is 6.89. The molecule has 1 N–H and O–H groups in total. The summed E-state index contributed by atoms with van der Waals surface area (Å²) in [6.07, 6.45) is 1.49. The van der Waals surface area contributed by atoms with Gasteiger partial charge in [0.1, 0.15) is 17.5 Å². The quantitative estimate of drug-likeness (QED) is 0.187. The molecule has 0 bridgehead atoms. The highest BCUT2D eigenvalue weighted by Crippen LogP contribution is 2.37. The van der Waals surface area contributed by atoms with Crippen LogP contribution in [0, 0.1) is 0 Å². The molecule has 0 aliphatic heterocycles. The van der Waals surface area contributed by atoms with Crippen LogP contribution in [-0.2, 0) is 25.0 Å². The molecular weight excluding hydrogens is 473 g/mol. The molecule has 0 fully saturated rings. The topological polar surface area (TPSA) is 90.9 Å². The molecule has 2 aromatic carbocycles. The van der Waals surface area contributed by atoms with Crippen molar-refractivity contribution >= 4 is 47.1 Å². The summed E-state index contributed by atoms with van der Waals surface area (Å²) in [7, 11) is -2.08. The molecule has 0 spiro atoms. The van der Waals surface area contributed by atoms with Crippen LogP contribution in [-0.4, -0.2) is 30.7 Å². The number of thiophene rings is 1. The van der Waals surface area contributed by atoms with Crippen molar-refractivity contribution in [3.63, 3.8) is 0 Å². The van der Waals surface area contributed by atoms with Crippen molar-refractivity contribution in [3.05, 3.63) is 71.6 Å². The van der Waals surface area contributed by atoms with E-state index in [1.807, 2.05) is 18.2 Å². The molecule has 1 aromatic heterocycles. The van der Waals surface area contributed by atoms with E-state index >= 15 is 0 Å². The lowest BCUT2D eigenvalue weighted by atomic mass is 10.2. The maximum Gasteiger partial charge on any atom is 0.560 e. The number of para-hydroxylation sites is 2. The Morgan fingerprint density at radius 3 is 2.65 bits per heavy atom. The summed E-state index contributed by atoms with van der Waals surface area (Å²) >= 11 is 1.34. The molecule has 0 saturated carbocycles. The number of benzene rings is 2. The second kappa shape index (κ2) is 11.8. The van der Waals surface area contributed by atoms with E-state index < -0.39 is 20.0 Å². The molecule has 0 radical (unpaired) electrons. The van der Waals surface area contributed by atoms with Crippen molar-refractivity contribution in [2.45, 2.75) is 39.1 Å². The summed E-state index contributed by atoms with van der Waals surface area (Å²) in [4.78, 5) is 24.7. The standard InChI is InChI=1S/C25H27NO6PS/c1-5-12-30-25(28)23-14-19-13-18(10-11-22(19)34-23)15-33(29)32-21-9-7-6-8-20(21)26-17(4)24(27)31-16(2)3/h5-11,13-14,16-17,26H,1,12,15H2,2-4H3/q+1. The number of hydrogen-bond donors (Lipinski definition) is 1. The fourth-order valence-electron chi connectivity index (χ4n) is 3.08. The average Bonchev–Trinajstić information content (AvgIpc) is 3.21. The highest BCUT2D eigenvalue weighted by Gasteiger charge is 2.24. The molecule has 0 amide bonds. The first kappa shape index (κ1) is 25.4. The number of carbonyl (C=O) groups excluding carboxylic acids is 2. The van der Waals surface area contributed by atoms with E-state index in [-0.39, 0.29) is 24.8 Å². The normalized spacial score (nSPS) is 12.2. The average molecular weight is 501 g/mol. The lowest BCUT2D eigenvalue weighted by molar-refractivity contribution is -0.147. The minimum atomic E-state index is -2.08. The Morgan fingerprint density at radius 2 is 1.91 bits per heavy atom. The van der Waals surface area contributed by atoms with Crippen LogP contribution >= 0.6 is 19.4 Å². The zero-order valence-electron chi connectivity index (χ0n) is 19.3. The zero-order chi connectivity index (χ0) is 24.7. The van der Waals surface area contributed by atoms with Gasteiger partial charge in [-0.1, -0.05) is 30.9 Å². The van der Waals surface area contributed by atoms with E-state index in [9.17, 15) is 14.2 Å². The largest absolute Gasteiger partial charge is 0.560 e. The first-order valence-electron chi connectivity index (χ1n) is 10.8. The van der Waals surface area contributed by atoms with Crippen molar-refractivity contribution in [3.8, 4) is 5.75 Å². The van der Waals surface area contributed by atoms with E-state index in [4.69, 9.17) is 14.0 Å². The van der Waals surface area contributed by atoms with Gasteiger partial charge in [-0.05, 0) is 61.1 Å². The van der Waals surface area contributed by atoms with E-state index in [1.165, 1.54) is 17.4 Å². The van der Waals surface area contributed by atoms with Crippen molar-refractivity contribution in [2.24, 2.45) is 0 Å². The molecule has 0 aliphatic carbocycles. The molecule has 0 aliphatic rings. The molecule has 7 nitrogen and oxygen atoms in total. The molecule has 34 heavy (non-hydrogen) atoms. The molecule has 2 unspecified atom stereocenters. The Hall–Kier alpha value is -3.22. The molecule has 0 saturated heterocycles. The van der Waals surface area contributed by atoms with Crippen molar-refractivity contribution in [1.82, 2.24) is 0 Å². The summed E-state index contributed by atoms with van der Waals surface area (Å²) in [5.41, 5.74) is 1.37. The Morgan fingerprint density at radius 1 is 1.15 bits per heavy atom. The maximum absolute atomic E-state index is 12.8. The van der Waals surface area contributed by atoms with Gasteiger partial charge < -0.3 is 14.8 Å². The summed E-state index contributed by atoms with van der Waals surface area (Å²) < 4.78 is 29.8. The van der Waals surface area contributed by atoms with Gasteiger partial charge in [-0.2, -0.15) is 0 Å². The first-order chi connectivity index (χ1) is 16.3. The number of nitrogens with one attached hydrogen (secondary N) is 1. The fourth-order valence-corrected chi connectivity index (χ4v) is 4.96. The molecule has 2 atom stereocenters. The molecule has 9 heteroatoms. The highest BCUT2D eigenvalue weighted by atomic mass is 32.1. The van der Waals surface area contributed by atoms with Gasteiger partial charge in [-0.3, -0.25) is 4.52 Å². The Balaban J connectivity index is 1.67. The van der Waals surface area contributed by atoms with Crippen molar-refractivity contribution < 1.29 is 28.2 Å². The number of fused-ring (bicyclic) bond motifs is 1. The van der Waals surface area contributed by atoms with Gasteiger partial charge in [0.05, 0.1) is 11.8 Å². The van der Waals surface area contributed by atoms with Crippen LogP contribution in [0.3, 0.4) is 0 Å².